The lowest BCUT2D eigenvalue weighted by atomic mass is 10.1. The van der Waals surface area contributed by atoms with Crippen LogP contribution in [0.2, 0.25) is 0 Å². The van der Waals surface area contributed by atoms with Gasteiger partial charge in [0.1, 0.15) is 11.8 Å². The van der Waals surface area contributed by atoms with Gasteiger partial charge >= 0.3 is 0 Å². The van der Waals surface area contributed by atoms with Gasteiger partial charge in [-0.15, -0.1) is 0 Å². The van der Waals surface area contributed by atoms with Gasteiger partial charge in [0, 0.05) is 26.4 Å². The second kappa shape index (κ2) is 7.94. The maximum absolute atomic E-state index is 12.7. The van der Waals surface area contributed by atoms with Gasteiger partial charge in [-0.05, 0) is 17.7 Å². The highest BCUT2D eigenvalue weighted by atomic mass is 16.5. The zero-order valence-electron chi connectivity index (χ0n) is 15.9. The zero-order chi connectivity index (χ0) is 19.5. The summed E-state index contributed by atoms with van der Waals surface area (Å²) in [6.45, 7) is 1.62. The molecule has 144 valence electrons. The predicted octanol–water partition coefficient (Wildman–Crippen LogP) is 2.47. The number of amides is 1. The Morgan fingerprint density at radius 3 is 2.71 bits per heavy atom. The summed E-state index contributed by atoms with van der Waals surface area (Å²) >= 11 is 0. The molecule has 1 aromatic heterocycles. The van der Waals surface area contributed by atoms with Gasteiger partial charge in [-0.1, -0.05) is 42.5 Å². The molecule has 2 heterocycles. The minimum absolute atomic E-state index is 0.0289. The quantitative estimate of drug-likeness (QED) is 0.701. The number of ether oxygens (including phenoxy) is 1. The molecular weight excluding hydrogens is 354 g/mol. The van der Waals surface area contributed by atoms with Crippen LogP contribution >= 0.6 is 0 Å². The first-order valence-corrected chi connectivity index (χ1v) is 9.52. The summed E-state index contributed by atoms with van der Waals surface area (Å²) in [6.07, 6.45) is 0.497. The first-order valence-electron chi connectivity index (χ1n) is 9.52. The average molecular weight is 377 g/mol. The van der Waals surface area contributed by atoms with E-state index in [1.165, 1.54) is 0 Å². The number of para-hydroxylation sites is 2. The number of rotatable bonds is 4. The maximum Gasteiger partial charge on any atom is 0.272 e. The van der Waals surface area contributed by atoms with Crippen LogP contribution in [0.1, 0.15) is 23.8 Å². The van der Waals surface area contributed by atoms with Gasteiger partial charge in [0.25, 0.3) is 5.56 Å². The molecule has 1 fully saturated rings. The third-order valence-electron chi connectivity index (χ3n) is 5.22. The molecule has 0 saturated carbocycles. The number of aryl methyl sites for hydroxylation is 2. The Balaban J connectivity index is 1.45. The third-order valence-corrected chi connectivity index (χ3v) is 5.22. The molecule has 1 aliphatic rings. The van der Waals surface area contributed by atoms with Crippen LogP contribution in [0.25, 0.3) is 11.0 Å². The highest BCUT2D eigenvalue weighted by Gasteiger charge is 2.25. The molecule has 1 amide bonds. The minimum atomic E-state index is -0.143. The van der Waals surface area contributed by atoms with Crippen LogP contribution in [0, 0.1) is 0 Å². The number of aromatic nitrogens is 2. The van der Waals surface area contributed by atoms with E-state index in [9.17, 15) is 9.59 Å². The lowest BCUT2D eigenvalue weighted by Crippen LogP contribution is -2.42. The van der Waals surface area contributed by atoms with E-state index < -0.39 is 0 Å². The number of morpholine rings is 1. The van der Waals surface area contributed by atoms with E-state index in [4.69, 9.17) is 4.74 Å². The van der Waals surface area contributed by atoms with Crippen molar-refractivity contribution in [3.8, 4) is 0 Å². The van der Waals surface area contributed by atoms with Gasteiger partial charge < -0.3 is 14.2 Å². The second-order valence-corrected chi connectivity index (χ2v) is 7.02. The normalized spacial score (nSPS) is 17.0. The SMILES string of the molecule is Cn1c(=O)c(CCC(=O)N2CCO[C@H](c3ccccc3)C2)nc2ccccc21. The van der Waals surface area contributed by atoms with Gasteiger partial charge in [0.05, 0.1) is 24.2 Å². The van der Waals surface area contributed by atoms with Crippen molar-refractivity contribution in [1.29, 1.82) is 0 Å². The fraction of sp³-hybridized carbons (Fsp3) is 0.318. The van der Waals surface area contributed by atoms with E-state index in [2.05, 4.69) is 4.98 Å². The van der Waals surface area contributed by atoms with Gasteiger partial charge in [-0.3, -0.25) is 9.59 Å². The fourth-order valence-electron chi connectivity index (χ4n) is 3.63. The summed E-state index contributed by atoms with van der Waals surface area (Å²) < 4.78 is 7.43. The number of nitrogens with zero attached hydrogens (tertiary/aromatic N) is 3. The molecule has 1 aliphatic heterocycles. The Bertz CT molecular complexity index is 1050. The second-order valence-electron chi connectivity index (χ2n) is 7.02. The number of benzene rings is 2. The Labute approximate surface area is 163 Å². The molecular formula is C22H23N3O3. The van der Waals surface area contributed by atoms with Crippen LogP contribution < -0.4 is 5.56 Å². The van der Waals surface area contributed by atoms with E-state index in [0.29, 0.717) is 31.8 Å². The fourth-order valence-corrected chi connectivity index (χ4v) is 3.63. The number of fused-ring (bicyclic) bond motifs is 1. The van der Waals surface area contributed by atoms with Crippen molar-refractivity contribution in [3.63, 3.8) is 0 Å². The smallest absolute Gasteiger partial charge is 0.272 e. The van der Waals surface area contributed by atoms with Crippen molar-refractivity contribution in [2.45, 2.75) is 18.9 Å². The Morgan fingerprint density at radius 2 is 1.89 bits per heavy atom. The van der Waals surface area contributed by atoms with Crippen LogP contribution in [0.3, 0.4) is 0 Å². The highest BCUT2D eigenvalue weighted by Crippen LogP contribution is 2.22. The van der Waals surface area contributed by atoms with Crippen molar-refractivity contribution < 1.29 is 9.53 Å². The number of hydrogen-bond acceptors (Lipinski definition) is 4. The number of carbonyl (C=O) groups excluding carboxylic acids is 1. The molecule has 6 heteroatoms. The van der Waals surface area contributed by atoms with E-state index in [-0.39, 0.29) is 24.0 Å². The highest BCUT2D eigenvalue weighted by molar-refractivity contribution is 5.77. The molecule has 0 spiro atoms. The Kier molecular flexibility index (Phi) is 5.21. The average Bonchev–Trinajstić information content (AvgIpc) is 2.76. The molecule has 0 radical (unpaired) electrons. The molecule has 6 nitrogen and oxygen atoms in total. The summed E-state index contributed by atoms with van der Waals surface area (Å²) in [7, 11) is 1.74. The van der Waals surface area contributed by atoms with E-state index in [1.54, 1.807) is 11.6 Å². The lowest BCUT2D eigenvalue weighted by molar-refractivity contribution is -0.139. The van der Waals surface area contributed by atoms with Crippen LogP contribution in [0.15, 0.2) is 59.4 Å². The van der Waals surface area contributed by atoms with Crippen molar-refractivity contribution >= 4 is 16.9 Å². The Hall–Kier alpha value is -2.99. The van der Waals surface area contributed by atoms with Crippen molar-refractivity contribution in [1.82, 2.24) is 14.5 Å². The van der Waals surface area contributed by atoms with E-state index in [0.717, 1.165) is 16.6 Å². The topological polar surface area (TPSA) is 64.4 Å². The largest absolute Gasteiger partial charge is 0.370 e. The first kappa shape index (κ1) is 18.4. The molecule has 0 bridgehead atoms. The van der Waals surface area contributed by atoms with Gasteiger partial charge in [0.2, 0.25) is 5.91 Å². The predicted molar refractivity (Wildman–Crippen MR) is 107 cm³/mol. The van der Waals surface area contributed by atoms with Crippen molar-refractivity contribution in [2.24, 2.45) is 7.05 Å². The standard InChI is InChI=1S/C22H23N3O3/c1-24-19-10-6-5-9-17(19)23-18(22(24)27)11-12-21(26)25-13-14-28-20(15-25)16-7-3-2-4-8-16/h2-10,20H,11-15H2,1H3/t20-/m0/s1. The number of hydrogen-bond donors (Lipinski definition) is 0. The molecule has 0 N–H and O–H groups in total. The monoisotopic (exact) mass is 377 g/mol. The van der Waals surface area contributed by atoms with Crippen LogP contribution in [-0.4, -0.2) is 40.1 Å². The molecule has 2 aromatic carbocycles. The molecule has 1 atom stereocenters. The molecule has 28 heavy (non-hydrogen) atoms. The van der Waals surface area contributed by atoms with Gasteiger partial charge in [-0.2, -0.15) is 0 Å². The lowest BCUT2D eigenvalue weighted by Gasteiger charge is -2.33. The molecule has 3 aromatic rings. The van der Waals surface area contributed by atoms with Gasteiger partial charge in [-0.25, -0.2) is 4.98 Å². The van der Waals surface area contributed by atoms with Crippen LogP contribution in [-0.2, 0) is 23.0 Å². The van der Waals surface area contributed by atoms with Gasteiger partial charge in [0.15, 0.2) is 0 Å². The Morgan fingerprint density at radius 1 is 1.14 bits per heavy atom. The number of carbonyl (C=O) groups is 1. The summed E-state index contributed by atoms with van der Waals surface area (Å²) in [5.41, 5.74) is 2.92. The first-order chi connectivity index (χ1) is 13.6. The zero-order valence-corrected chi connectivity index (χ0v) is 15.9. The summed E-state index contributed by atoms with van der Waals surface area (Å²) in [5, 5.41) is 0. The molecule has 0 unspecified atom stereocenters. The molecule has 0 aliphatic carbocycles. The summed E-state index contributed by atoms with van der Waals surface area (Å²) in [6, 6.07) is 17.5. The third kappa shape index (κ3) is 3.68. The maximum atomic E-state index is 12.7. The van der Waals surface area contributed by atoms with E-state index >= 15 is 0 Å². The summed E-state index contributed by atoms with van der Waals surface area (Å²) in [4.78, 5) is 31.6. The molecule has 1 saturated heterocycles. The van der Waals surface area contributed by atoms with Crippen molar-refractivity contribution in [3.05, 3.63) is 76.2 Å². The minimum Gasteiger partial charge on any atom is -0.370 e. The van der Waals surface area contributed by atoms with Crippen LogP contribution in [0.4, 0.5) is 0 Å². The van der Waals surface area contributed by atoms with Crippen LogP contribution in [0.5, 0.6) is 0 Å². The van der Waals surface area contributed by atoms with E-state index in [1.807, 2.05) is 59.5 Å². The summed E-state index contributed by atoms with van der Waals surface area (Å²) in [5.74, 6) is 0.0289. The van der Waals surface area contributed by atoms with Crippen molar-refractivity contribution in [2.75, 3.05) is 19.7 Å². The molecule has 4 rings (SSSR count).